The van der Waals surface area contributed by atoms with Crippen molar-refractivity contribution in [3.05, 3.63) is 40.5 Å². The van der Waals surface area contributed by atoms with Crippen molar-refractivity contribution in [3.63, 3.8) is 0 Å². The fourth-order valence-corrected chi connectivity index (χ4v) is 3.01. The zero-order chi connectivity index (χ0) is 14.8. The van der Waals surface area contributed by atoms with Crippen LogP contribution in [0.25, 0.3) is 0 Å². The first-order valence-corrected chi connectivity index (χ1v) is 7.67. The number of hydrogen-bond donors (Lipinski definition) is 2. The summed E-state index contributed by atoms with van der Waals surface area (Å²) in [4.78, 5) is 11.7. The van der Waals surface area contributed by atoms with Gasteiger partial charge in [-0.3, -0.25) is 9.48 Å². The highest BCUT2D eigenvalue weighted by molar-refractivity contribution is 9.10. The van der Waals surface area contributed by atoms with Gasteiger partial charge in [0.15, 0.2) is 4.67 Å². The summed E-state index contributed by atoms with van der Waals surface area (Å²) in [5.41, 5.74) is 1.00. The molecule has 2 N–H and O–H groups in total. The first-order chi connectivity index (χ1) is 10.1. The fourth-order valence-electron chi connectivity index (χ4n) is 2.67. The van der Waals surface area contributed by atoms with E-state index in [1.165, 1.54) is 0 Å². The molecule has 0 radical (unpaired) electrons. The number of carbonyl (C=O) groups excluding carboxylic acids is 1. The van der Waals surface area contributed by atoms with Crippen LogP contribution >= 0.6 is 15.9 Å². The van der Waals surface area contributed by atoms with Gasteiger partial charge in [0.05, 0.1) is 18.3 Å². The Kier molecular flexibility index (Phi) is 4.12. The van der Waals surface area contributed by atoms with Crippen molar-refractivity contribution in [1.82, 2.24) is 20.4 Å². The molecule has 3 heterocycles. The van der Waals surface area contributed by atoms with E-state index in [4.69, 9.17) is 4.42 Å². The van der Waals surface area contributed by atoms with Gasteiger partial charge < -0.3 is 15.1 Å². The van der Waals surface area contributed by atoms with Crippen molar-refractivity contribution in [2.75, 3.05) is 0 Å². The van der Waals surface area contributed by atoms with Crippen LogP contribution in [0.4, 0.5) is 0 Å². The molecular weight excluding hydrogens is 336 g/mol. The van der Waals surface area contributed by atoms with Crippen molar-refractivity contribution in [2.24, 2.45) is 7.05 Å². The van der Waals surface area contributed by atoms with E-state index in [1.54, 1.807) is 10.9 Å². The number of amides is 1. The Morgan fingerprint density at radius 1 is 1.52 bits per heavy atom. The van der Waals surface area contributed by atoms with E-state index in [0.717, 1.165) is 22.5 Å². The Bertz CT molecular complexity index is 636. The Hall–Kier alpha value is -1.60. The highest BCUT2D eigenvalue weighted by atomic mass is 79.9. The molecule has 2 atom stereocenters. The van der Waals surface area contributed by atoms with Gasteiger partial charge in [-0.15, -0.1) is 0 Å². The molecular formula is C14H17BrN4O2. The van der Waals surface area contributed by atoms with Gasteiger partial charge in [-0.1, -0.05) is 0 Å². The molecule has 0 unspecified atom stereocenters. The maximum Gasteiger partial charge on any atom is 0.220 e. The van der Waals surface area contributed by atoms with Crippen molar-refractivity contribution in [1.29, 1.82) is 0 Å². The Labute approximate surface area is 131 Å². The molecule has 7 heteroatoms. The van der Waals surface area contributed by atoms with Gasteiger partial charge in [0.25, 0.3) is 0 Å². The molecule has 3 rings (SSSR count). The standard InChI is InChI=1S/C14H17BrN4O2/c1-19-11(6-7-17-19)14-10(3-5-13(20)18-14)16-8-9-2-4-12(15)21-9/h2,4,6-7,10,14,16H,3,5,8H2,1H3,(H,18,20)/t10-,14-/m1/s1. The smallest absolute Gasteiger partial charge is 0.220 e. The summed E-state index contributed by atoms with van der Waals surface area (Å²) in [7, 11) is 1.89. The average molecular weight is 353 g/mol. The van der Waals surface area contributed by atoms with Crippen molar-refractivity contribution in [2.45, 2.75) is 31.5 Å². The number of hydrogen-bond acceptors (Lipinski definition) is 4. The second kappa shape index (κ2) is 6.03. The van der Waals surface area contributed by atoms with Crippen LogP contribution in [0.3, 0.4) is 0 Å². The van der Waals surface area contributed by atoms with E-state index in [9.17, 15) is 4.79 Å². The summed E-state index contributed by atoms with van der Waals surface area (Å²) in [6, 6.07) is 5.82. The Balaban J connectivity index is 1.72. The number of nitrogens with one attached hydrogen (secondary N) is 2. The number of piperidine rings is 1. The molecule has 0 spiro atoms. The summed E-state index contributed by atoms with van der Waals surface area (Å²) < 4.78 is 8.02. The summed E-state index contributed by atoms with van der Waals surface area (Å²) in [6.45, 7) is 0.625. The van der Waals surface area contributed by atoms with Crippen LogP contribution in [0.2, 0.25) is 0 Å². The van der Waals surface area contributed by atoms with E-state index in [1.807, 2.05) is 25.2 Å². The molecule has 0 aliphatic carbocycles. The number of carbonyl (C=O) groups is 1. The first-order valence-electron chi connectivity index (χ1n) is 6.88. The summed E-state index contributed by atoms with van der Waals surface area (Å²) >= 11 is 3.30. The van der Waals surface area contributed by atoms with Crippen molar-refractivity contribution < 1.29 is 9.21 Å². The third-order valence-electron chi connectivity index (χ3n) is 3.75. The molecule has 1 saturated heterocycles. The lowest BCUT2D eigenvalue weighted by Gasteiger charge is -2.32. The number of furan rings is 1. The van der Waals surface area contributed by atoms with Crippen LogP contribution in [0, 0.1) is 0 Å². The number of aryl methyl sites for hydroxylation is 1. The lowest BCUT2D eigenvalue weighted by atomic mass is 9.95. The highest BCUT2D eigenvalue weighted by Crippen LogP contribution is 2.24. The zero-order valence-electron chi connectivity index (χ0n) is 11.7. The lowest BCUT2D eigenvalue weighted by molar-refractivity contribution is -0.124. The topological polar surface area (TPSA) is 72.1 Å². The maximum atomic E-state index is 11.7. The first kappa shape index (κ1) is 14.3. The van der Waals surface area contributed by atoms with E-state index in [-0.39, 0.29) is 18.0 Å². The molecule has 6 nitrogen and oxygen atoms in total. The van der Waals surface area contributed by atoms with E-state index >= 15 is 0 Å². The second-order valence-electron chi connectivity index (χ2n) is 5.16. The molecule has 2 aromatic heterocycles. The number of aromatic nitrogens is 2. The van der Waals surface area contributed by atoms with Gasteiger partial charge in [-0.05, 0) is 40.5 Å². The van der Waals surface area contributed by atoms with Crippen LogP contribution in [0.5, 0.6) is 0 Å². The van der Waals surface area contributed by atoms with Crippen LogP contribution in [0.15, 0.2) is 33.5 Å². The third kappa shape index (κ3) is 3.19. The Morgan fingerprint density at radius 3 is 3.05 bits per heavy atom. The zero-order valence-corrected chi connectivity index (χ0v) is 13.3. The third-order valence-corrected chi connectivity index (χ3v) is 4.17. The maximum absolute atomic E-state index is 11.7. The highest BCUT2D eigenvalue weighted by Gasteiger charge is 2.31. The fraction of sp³-hybridized carbons (Fsp3) is 0.429. The van der Waals surface area contributed by atoms with Crippen LogP contribution in [-0.2, 0) is 18.4 Å². The SMILES string of the molecule is Cn1nccc1[C@@H]1NC(=O)CC[C@H]1NCc1ccc(Br)o1. The minimum atomic E-state index is -0.0721. The number of rotatable bonds is 4. The van der Waals surface area contributed by atoms with Gasteiger partial charge in [-0.2, -0.15) is 5.10 Å². The van der Waals surface area contributed by atoms with Crippen molar-refractivity contribution in [3.8, 4) is 0 Å². The summed E-state index contributed by atoms with van der Waals surface area (Å²) in [6.07, 6.45) is 3.08. The van der Waals surface area contributed by atoms with E-state index in [0.29, 0.717) is 13.0 Å². The summed E-state index contributed by atoms with van der Waals surface area (Å²) in [5, 5.41) is 10.7. The van der Waals surface area contributed by atoms with Gasteiger partial charge >= 0.3 is 0 Å². The number of halogens is 1. The molecule has 112 valence electrons. The predicted octanol–water partition coefficient (Wildman–Crippen LogP) is 1.89. The minimum Gasteiger partial charge on any atom is -0.453 e. The molecule has 2 aromatic rings. The average Bonchev–Trinajstić information content (AvgIpc) is 3.06. The van der Waals surface area contributed by atoms with Gasteiger partial charge in [0.2, 0.25) is 5.91 Å². The molecule has 1 amide bonds. The van der Waals surface area contributed by atoms with Crippen LogP contribution < -0.4 is 10.6 Å². The predicted molar refractivity (Wildman–Crippen MR) is 80.4 cm³/mol. The van der Waals surface area contributed by atoms with Crippen LogP contribution in [0.1, 0.15) is 30.3 Å². The monoisotopic (exact) mass is 352 g/mol. The van der Waals surface area contributed by atoms with Gasteiger partial charge in [0, 0.05) is 25.7 Å². The summed E-state index contributed by atoms with van der Waals surface area (Å²) in [5.74, 6) is 0.947. The minimum absolute atomic E-state index is 0.0721. The molecule has 0 saturated carbocycles. The molecule has 0 bridgehead atoms. The lowest BCUT2D eigenvalue weighted by Crippen LogP contribution is -2.48. The van der Waals surface area contributed by atoms with Crippen LogP contribution in [-0.4, -0.2) is 21.7 Å². The molecule has 1 aliphatic rings. The largest absolute Gasteiger partial charge is 0.453 e. The second-order valence-corrected chi connectivity index (χ2v) is 5.94. The number of nitrogens with zero attached hydrogens (tertiary/aromatic N) is 2. The normalized spacial score (nSPS) is 22.3. The Morgan fingerprint density at radius 2 is 2.38 bits per heavy atom. The molecule has 1 fully saturated rings. The molecule has 1 aliphatic heterocycles. The quantitative estimate of drug-likeness (QED) is 0.881. The van der Waals surface area contributed by atoms with E-state index in [2.05, 4.69) is 31.7 Å². The van der Waals surface area contributed by atoms with Crippen molar-refractivity contribution >= 4 is 21.8 Å². The van der Waals surface area contributed by atoms with Gasteiger partial charge in [-0.25, -0.2) is 0 Å². The molecule has 0 aromatic carbocycles. The van der Waals surface area contributed by atoms with E-state index < -0.39 is 0 Å². The molecule has 21 heavy (non-hydrogen) atoms. The van der Waals surface area contributed by atoms with Gasteiger partial charge in [0.1, 0.15) is 5.76 Å².